The van der Waals surface area contributed by atoms with Crippen molar-refractivity contribution in [3.63, 3.8) is 0 Å². The Morgan fingerprint density at radius 3 is 2.58 bits per heavy atom. The third kappa shape index (κ3) is 4.74. The number of nitrogens with zero attached hydrogens (tertiary/aromatic N) is 2. The number of carbonyl (C=O) groups is 3. The largest absolute Gasteiger partial charge is 0.465 e. The van der Waals surface area contributed by atoms with Gasteiger partial charge in [0.15, 0.2) is 0 Å². The van der Waals surface area contributed by atoms with E-state index in [9.17, 15) is 19.5 Å². The summed E-state index contributed by atoms with van der Waals surface area (Å²) in [5.41, 5.74) is -1.64. The highest BCUT2D eigenvalue weighted by Crippen LogP contribution is 2.59. The minimum absolute atomic E-state index is 0.0477. The first-order valence-corrected chi connectivity index (χ1v) is 13.3. The number of esters is 1. The monoisotopic (exact) mass is 504 g/mol. The fourth-order valence-corrected chi connectivity index (χ4v) is 6.28. The van der Waals surface area contributed by atoms with E-state index in [2.05, 4.69) is 13.2 Å². The van der Waals surface area contributed by atoms with Gasteiger partial charge in [-0.25, -0.2) is 0 Å². The number of hydrogen-bond acceptors (Lipinski definition) is 6. The van der Waals surface area contributed by atoms with Crippen LogP contribution in [0.3, 0.4) is 0 Å². The molecule has 2 unspecified atom stereocenters. The summed E-state index contributed by atoms with van der Waals surface area (Å²) < 4.78 is 12.1. The van der Waals surface area contributed by atoms with E-state index in [0.29, 0.717) is 25.8 Å². The lowest BCUT2D eigenvalue weighted by Gasteiger charge is -2.44. The van der Waals surface area contributed by atoms with Gasteiger partial charge in [-0.1, -0.05) is 32.4 Å². The predicted octanol–water partition coefficient (Wildman–Crippen LogP) is 3.09. The van der Waals surface area contributed by atoms with Gasteiger partial charge in [-0.3, -0.25) is 14.4 Å². The Morgan fingerprint density at radius 2 is 2.03 bits per heavy atom. The maximum atomic E-state index is 14.3. The molecule has 0 aromatic rings. The zero-order valence-corrected chi connectivity index (χ0v) is 22.6. The van der Waals surface area contributed by atoms with E-state index in [4.69, 9.17) is 9.47 Å². The van der Waals surface area contributed by atoms with Gasteiger partial charge in [0.25, 0.3) is 0 Å². The van der Waals surface area contributed by atoms with Gasteiger partial charge in [-0.05, 0) is 52.4 Å². The number of unbranched alkanes of at least 4 members (excludes halogenated alkanes) is 1. The van der Waals surface area contributed by atoms with Crippen LogP contribution >= 0.6 is 0 Å². The highest BCUT2D eigenvalue weighted by atomic mass is 16.6. The molecule has 0 saturated carbocycles. The van der Waals surface area contributed by atoms with Crippen LogP contribution < -0.4 is 0 Å². The molecule has 1 N–H and O–H groups in total. The average molecular weight is 505 g/mol. The molecule has 8 nitrogen and oxygen atoms in total. The van der Waals surface area contributed by atoms with Crippen LogP contribution in [0.25, 0.3) is 0 Å². The van der Waals surface area contributed by atoms with Crippen LogP contribution in [0.2, 0.25) is 0 Å². The van der Waals surface area contributed by atoms with E-state index in [-0.39, 0.29) is 30.9 Å². The maximum absolute atomic E-state index is 14.3. The van der Waals surface area contributed by atoms with Crippen molar-refractivity contribution in [2.24, 2.45) is 17.8 Å². The molecule has 3 fully saturated rings. The smallest absolute Gasteiger partial charge is 0.312 e. The number of aliphatic hydroxyl groups is 1. The molecule has 2 bridgehead atoms. The van der Waals surface area contributed by atoms with E-state index in [0.717, 1.165) is 12.8 Å². The second kappa shape index (κ2) is 11.1. The number of likely N-dealkylation sites (tertiary alicyclic amines) is 1. The first-order chi connectivity index (χ1) is 17.0. The Bertz CT molecular complexity index is 867. The highest BCUT2D eigenvalue weighted by Gasteiger charge is 2.76. The van der Waals surface area contributed by atoms with E-state index in [1.54, 1.807) is 22.0 Å². The molecular weight excluding hydrogens is 460 g/mol. The summed E-state index contributed by atoms with van der Waals surface area (Å²) in [7, 11) is 0. The van der Waals surface area contributed by atoms with Crippen LogP contribution in [0.15, 0.2) is 25.3 Å². The highest BCUT2D eigenvalue weighted by molar-refractivity contribution is 5.98. The summed E-state index contributed by atoms with van der Waals surface area (Å²) in [5, 5.41) is 10.4. The summed E-state index contributed by atoms with van der Waals surface area (Å²) in [4.78, 5) is 45.0. The quantitative estimate of drug-likeness (QED) is 0.249. The molecule has 0 aromatic heterocycles. The molecule has 0 aromatic carbocycles. The average Bonchev–Trinajstić information content (AvgIpc) is 3.47. The Kier molecular flexibility index (Phi) is 8.71. The molecule has 0 radical (unpaired) electrons. The lowest BCUT2D eigenvalue weighted by Crippen LogP contribution is -2.62. The number of fused-ring (bicyclic) bond motifs is 1. The zero-order chi connectivity index (χ0) is 26.8. The molecule has 3 rings (SSSR count). The second-order valence-electron chi connectivity index (χ2n) is 11.4. The molecule has 0 aliphatic carbocycles. The zero-order valence-electron chi connectivity index (χ0n) is 22.6. The Hall–Kier alpha value is -2.19. The van der Waals surface area contributed by atoms with Gasteiger partial charge in [0, 0.05) is 12.1 Å². The Labute approximate surface area is 215 Å². The summed E-state index contributed by atoms with van der Waals surface area (Å²) in [6.07, 6.45) is 6.19. The van der Waals surface area contributed by atoms with Crippen LogP contribution in [0.5, 0.6) is 0 Å². The fraction of sp³-hybridized carbons (Fsp3) is 0.750. The number of aliphatic hydroxyl groups excluding tert-OH is 1. The first-order valence-electron chi connectivity index (χ1n) is 13.3. The topological polar surface area (TPSA) is 96.4 Å². The lowest BCUT2D eigenvalue weighted by molar-refractivity contribution is -0.158. The van der Waals surface area contributed by atoms with Crippen LogP contribution in [-0.2, 0) is 23.9 Å². The number of ether oxygens (including phenoxy) is 2. The third-order valence-corrected chi connectivity index (χ3v) is 8.27. The van der Waals surface area contributed by atoms with E-state index in [1.807, 2.05) is 34.6 Å². The molecule has 3 aliphatic rings. The maximum Gasteiger partial charge on any atom is 0.312 e. The van der Waals surface area contributed by atoms with Gasteiger partial charge < -0.3 is 24.4 Å². The lowest BCUT2D eigenvalue weighted by atomic mass is 9.70. The second-order valence-corrected chi connectivity index (χ2v) is 11.4. The van der Waals surface area contributed by atoms with Crippen molar-refractivity contribution < 1.29 is 29.0 Å². The number of amides is 2. The van der Waals surface area contributed by atoms with Gasteiger partial charge in [0.1, 0.15) is 11.6 Å². The van der Waals surface area contributed by atoms with Crippen molar-refractivity contribution in [1.82, 2.24) is 9.80 Å². The van der Waals surface area contributed by atoms with Gasteiger partial charge in [-0.15, -0.1) is 13.2 Å². The molecule has 1 spiro atoms. The predicted molar refractivity (Wildman–Crippen MR) is 137 cm³/mol. The van der Waals surface area contributed by atoms with E-state index < -0.39 is 47.1 Å². The van der Waals surface area contributed by atoms with Crippen LogP contribution in [0.4, 0.5) is 0 Å². The fourth-order valence-electron chi connectivity index (χ4n) is 6.28. The first kappa shape index (κ1) is 28.4. The molecule has 36 heavy (non-hydrogen) atoms. The van der Waals surface area contributed by atoms with E-state index >= 15 is 0 Å². The Balaban J connectivity index is 2.06. The van der Waals surface area contributed by atoms with Crippen molar-refractivity contribution in [2.75, 3.05) is 19.8 Å². The van der Waals surface area contributed by atoms with Crippen molar-refractivity contribution in [3.8, 4) is 0 Å². The normalized spacial score (nSPS) is 30.6. The molecule has 3 heterocycles. The number of allylic oxidation sites excluding steroid dienone is 1. The summed E-state index contributed by atoms with van der Waals surface area (Å²) >= 11 is 0. The molecule has 3 saturated heterocycles. The van der Waals surface area contributed by atoms with Crippen LogP contribution in [0, 0.1) is 17.8 Å². The van der Waals surface area contributed by atoms with Crippen molar-refractivity contribution in [2.45, 2.75) is 96.1 Å². The molecule has 2 amide bonds. The summed E-state index contributed by atoms with van der Waals surface area (Å²) in [6, 6.07) is -1.49. The van der Waals surface area contributed by atoms with E-state index in [1.165, 1.54) is 0 Å². The van der Waals surface area contributed by atoms with Crippen molar-refractivity contribution in [3.05, 3.63) is 25.3 Å². The SMILES string of the molecule is C=CCCCOC(=O)[C@@H]1[C@@H]2CCC3(O2)C(C(=O)N(CC=C)C(C)(C)C)N([C@@H](CO)[C@@H](C)CC)C(=O)[C@H]13. The number of carbonyl (C=O) groups excluding carboxylic acids is 3. The molecule has 3 aliphatic heterocycles. The van der Waals surface area contributed by atoms with Gasteiger partial charge in [-0.2, -0.15) is 0 Å². The van der Waals surface area contributed by atoms with Crippen molar-refractivity contribution >= 4 is 17.8 Å². The Morgan fingerprint density at radius 1 is 1.33 bits per heavy atom. The summed E-state index contributed by atoms with van der Waals surface area (Å²) in [6.45, 7) is 17.6. The molecule has 7 atom stereocenters. The summed E-state index contributed by atoms with van der Waals surface area (Å²) in [5.74, 6) is -2.58. The van der Waals surface area contributed by atoms with Gasteiger partial charge in [0.05, 0.1) is 37.2 Å². The van der Waals surface area contributed by atoms with Gasteiger partial charge in [0.2, 0.25) is 11.8 Å². The molecule has 202 valence electrons. The molecule has 8 heteroatoms. The third-order valence-electron chi connectivity index (χ3n) is 8.27. The number of rotatable bonds is 12. The van der Waals surface area contributed by atoms with Gasteiger partial charge >= 0.3 is 5.97 Å². The van der Waals surface area contributed by atoms with Crippen LogP contribution in [-0.4, -0.2) is 81.8 Å². The standard InChI is InChI=1S/C28H44N2O6/c1-8-11-12-16-35-26(34)21-20-13-14-28(36-20)22(21)24(32)30(19(17-31)18(4)10-3)23(28)25(33)29(15-9-2)27(5,6)7/h8-9,18-23,31H,1-2,10-17H2,3-7H3/t18-,19-,20-,21+,22-,23?,28?/m0/s1. The van der Waals surface area contributed by atoms with Crippen molar-refractivity contribution in [1.29, 1.82) is 0 Å². The van der Waals surface area contributed by atoms with Crippen LogP contribution in [0.1, 0.15) is 66.7 Å². The number of hydrogen-bond donors (Lipinski definition) is 1. The minimum atomic E-state index is -1.12. The minimum Gasteiger partial charge on any atom is -0.465 e. The molecular formula is C28H44N2O6.